The van der Waals surface area contributed by atoms with E-state index >= 15 is 0 Å². The van der Waals surface area contributed by atoms with E-state index in [1.165, 1.54) is 12.1 Å². The molecule has 7 nitrogen and oxygen atoms in total. The minimum Gasteiger partial charge on any atom is -0.341 e. The van der Waals surface area contributed by atoms with Crippen molar-refractivity contribution >= 4 is 15.7 Å². The number of aryl methyl sites for hydroxylation is 2. The molecule has 0 N–H and O–H groups in total. The van der Waals surface area contributed by atoms with E-state index in [9.17, 15) is 26.4 Å². The summed E-state index contributed by atoms with van der Waals surface area (Å²) in [6.07, 6.45) is -4.95. The summed E-state index contributed by atoms with van der Waals surface area (Å²) in [6.45, 7) is 3.32. The van der Waals surface area contributed by atoms with Gasteiger partial charge in [-0.25, -0.2) is 18.1 Å². The van der Waals surface area contributed by atoms with Crippen molar-refractivity contribution in [3.05, 3.63) is 35.9 Å². The second-order valence-electron chi connectivity index (χ2n) is 7.90. The lowest BCUT2D eigenvalue weighted by Gasteiger charge is -2.25. The summed E-state index contributed by atoms with van der Waals surface area (Å²) in [6, 6.07) is 6.11. The van der Waals surface area contributed by atoms with E-state index in [1.54, 1.807) is 30.7 Å². The molecule has 1 aromatic carbocycles. The molecule has 30 heavy (non-hydrogen) atoms. The number of sulfone groups is 1. The third kappa shape index (κ3) is 3.28. The standard InChI is InChI=1S/C19H21F3N4O3S/c1-12-23-13(2)26(24-12)14-3-5-15(6-4-14)30(28,29)16-7-10-25(11-16)17(27)18(8-9-18)19(20,21)22/h3-6,16H,7-11H2,1-2H3. The van der Waals surface area contributed by atoms with Crippen LogP contribution < -0.4 is 0 Å². The number of benzene rings is 1. The van der Waals surface area contributed by atoms with E-state index in [0.29, 0.717) is 17.3 Å². The Bertz CT molecular complexity index is 1090. The molecule has 2 fully saturated rings. The Morgan fingerprint density at radius 2 is 1.80 bits per heavy atom. The Morgan fingerprint density at radius 1 is 1.17 bits per heavy atom. The summed E-state index contributed by atoms with van der Waals surface area (Å²) in [4.78, 5) is 17.7. The zero-order valence-corrected chi connectivity index (χ0v) is 17.3. The Balaban J connectivity index is 1.51. The fraction of sp³-hybridized carbons (Fsp3) is 0.526. The molecule has 2 aliphatic rings. The Kier molecular flexibility index (Phi) is 4.72. The number of likely N-dealkylation sites (tertiary alicyclic amines) is 1. The van der Waals surface area contributed by atoms with E-state index < -0.39 is 32.6 Å². The number of aromatic nitrogens is 3. The van der Waals surface area contributed by atoms with Gasteiger partial charge in [0, 0.05) is 13.1 Å². The molecule has 2 heterocycles. The minimum atomic E-state index is -4.60. The van der Waals surface area contributed by atoms with Crippen LogP contribution in [0.25, 0.3) is 5.69 Å². The number of carbonyl (C=O) groups excluding carboxylic acids is 1. The normalized spacial score (nSPS) is 21.1. The summed E-state index contributed by atoms with van der Waals surface area (Å²) in [5.41, 5.74) is -1.67. The van der Waals surface area contributed by atoms with Gasteiger partial charge in [0.05, 0.1) is 15.8 Å². The fourth-order valence-electron chi connectivity index (χ4n) is 3.95. The van der Waals surface area contributed by atoms with Crippen LogP contribution in [0.2, 0.25) is 0 Å². The molecular weight excluding hydrogens is 421 g/mol. The predicted octanol–water partition coefficient (Wildman–Crippen LogP) is 2.60. The van der Waals surface area contributed by atoms with E-state index in [0.717, 1.165) is 4.90 Å². The van der Waals surface area contributed by atoms with Crippen molar-refractivity contribution in [2.45, 2.75) is 49.4 Å². The summed E-state index contributed by atoms with van der Waals surface area (Å²) in [5, 5.41) is 3.32. The van der Waals surface area contributed by atoms with Crippen LogP contribution in [0.3, 0.4) is 0 Å². The van der Waals surface area contributed by atoms with Gasteiger partial charge in [0.15, 0.2) is 9.84 Å². The molecule has 1 unspecified atom stereocenters. The van der Waals surface area contributed by atoms with E-state index in [2.05, 4.69) is 10.1 Å². The van der Waals surface area contributed by atoms with Crippen molar-refractivity contribution in [1.82, 2.24) is 19.7 Å². The summed E-state index contributed by atoms with van der Waals surface area (Å²) >= 11 is 0. The third-order valence-electron chi connectivity index (χ3n) is 5.86. The SMILES string of the molecule is Cc1nc(C)n(-c2ccc(S(=O)(=O)C3CCN(C(=O)C4(C(F)(F)F)CC4)C3)cc2)n1. The van der Waals surface area contributed by atoms with Gasteiger partial charge in [-0.3, -0.25) is 4.79 Å². The minimum absolute atomic E-state index is 0.00999. The summed E-state index contributed by atoms with van der Waals surface area (Å²) in [7, 11) is -3.79. The van der Waals surface area contributed by atoms with Crippen LogP contribution in [0, 0.1) is 19.3 Å². The van der Waals surface area contributed by atoms with Crippen molar-refractivity contribution in [3.8, 4) is 5.69 Å². The van der Waals surface area contributed by atoms with Crippen molar-refractivity contribution < 1.29 is 26.4 Å². The number of rotatable bonds is 4. The average molecular weight is 442 g/mol. The van der Waals surface area contributed by atoms with Crippen LogP contribution in [0.5, 0.6) is 0 Å². The number of nitrogens with zero attached hydrogens (tertiary/aromatic N) is 4. The van der Waals surface area contributed by atoms with Gasteiger partial charge < -0.3 is 4.90 Å². The lowest BCUT2D eigenvalue weighted by Crippen LogP contribution is -2.43. The largest absolute Gasteiger partial charge is 0.403 e. The molecule has 1 atom stereocenters. The van der Waals surface area contributed by atoms with Crippen LogP contribution in [-0.2, 0) is 14.6 Å². The highest BCUT2D eigenvalue weighted by Gasteiger charge is 2.69. The summed E-state index contributed by atoms with van der Waals surface area (Å²) in [5.74, 6) is 0.249. The Hall–Kier alpha value is -2.43. The fourth-order valence-corrected chi connectivity index (χ4v) is 5.64. The van der Waals surface area contributed by atoms with Gasteiger partial charge in [0.25, 0.3) is 0 Å². The second-order valence-corrected chi connectivity index (χ2v) is 10.1. The first-order valence-electron chi connectivity index (χ1n) is 9.56. The molecule has 4 rings (SSSR count). The van der Waals surface area contributed by atoms with E-state index in [-0.39, 0.29) is 37.2 Å². The number of carbonyl (C=O) groups is 1. The number of halogens is 3. The first-order chi connectivity index (χ1) is 14.0. The molecular formula is C19H21F3N4O3S. The average Bonchev–Trinajstić information content (AvgIpc) is 3.23. The molecule has 162 valence electrons. The quantitative estimate of drug-likeness (QED) is 0.727. The van der Waals surface area contributed by atoms with Crippen LogP contribution in [0.4, 0.5) is 13.2 Å². The second kappa shape index (κ2) is 6.79. The first-order valence-corrected chi connectivity index (χ1v) is 11.1. The number of amides is 1. The Labute approximate surface area is 171 Å². The van der Waals surface area contributed by atoms with Crippen molar-refractivity contribution in [2.24, 2.45) is 5.41 Å². The molecule has 1 amide bonds. The molecule has 0 radical (unpaired) electrons. The van der Waals surface area contributed by atoms with Crippen LogP contribution in [-0.4, -0.2) is 58.5 Å². The lowest BCUT2D eigenvalue weighted by molar-refractivity contribution is -0.197. The monoisotopic (exact) mass is 442 g/mol. The van der Waals surface area contributed by atoms with Crippen LogP contribution >= 0.6 is 0 Å². The maximum Gasteiger partial charge on any atom is 0.403 e. The van der Waals surface area contributed by atoms with Gasteiger partial charge in [-0.2, -0.15) is 18.3 Å². The van der Waals surface area contributed by atoms with Gasteiger partial charge in [0.2, 0.25) is 5.91 Å². The molecule has 1 aliphatic carbocycles. The van der Waals surface area contributed by atoms with Gasteiger partial charge in [0.1, 0.15) is 17.1 Å². The highest BCUT2D eigenvalue weighted by molar-refractivity contribution is 7.92. The highest BCUT2D eigenvalue weighted by Crippen LogP contribution is 2.58. The molecule has 1 saturated carbocycles. The maximum absolute atomic E-state index is 13.2. The van der Waals surface area contributed by atoms with Crippen molar-refractivity contribution in [1.29, 1.82) is 0 Å². The predicted molar refractivity (Wildman–Crippen MR) is 101 cm³/mol. The number of alkyl halides is 3. The molecule has 1 saturated heterocycles. The molecule has 2 aromatic rings. The van der Waals surface area contributed by atoms with Gasteiger partial charge in [-0.1, -0.05) is 0 Å². The Morgan fingerprint density at radius 3 is 2.30 bits per heavy atom. The molecule has 1 aromatic heterocycles. The maximum atomic E-state index is 13.2. The smallest absolute Gasteiger partial charge is 0.341 e. The zero-order valence-electron chi connectivity index (χ0n) is 16.5. The van der Waals surface area contributed by atoms with Crippen molar-refractivity contribution in [2.75, 3.05) is 13.1 Å². The first kappa shape index (κ1) is 20.8. The molecule has 0 spiro atoms. The van der Waals surface area contributed by atoms with E-state index in [1.807, 2.05) is 0 Å². The molecule has 1 aliphatic heterocycles. The number of hydrogen-bond acceptors (Lipinski definition) is 5. The highest BCUT2D eigenvalue weighted by atomic mass is 32.2. The third-order valence-corrected chi connectivity index (χ3v) is 8.05. The van der Waals surface area contributed by atoms with Gasteiger partial charge in [-0.05, 0) is 57.4 Å². The van der Waals surface area contributed by atoms with Gasteiger partial charge >= 0.3 is 6.18 Å². The number of hydrogen-bond donors (Lipinski definition) is 0. The molecule has 11 heteroatoms. The van der Waals surface area contributed by atoms with Crippen molar-refractivity contribution in [3.63, 3.8) is 0 Å². The van der Waals surface area contributed by atoms with Gasteiger partial charge in [-0.15, -0.1) is 0 Å². The van der Waals surface area contributed by atoms with Crippen LogP contribution in [0.1, 0.15) is 30.9 Å². The summed E-state index contributed by atoms with van der Waals surface area (Å²) < 4.78 is 67.2. The molecule has 0 bridgehead atoms. The topological polar surface area (TPSA) is 85.2 Å². The lowest BCUT2D eigenvalue weighted by atomic mass is 10.1. The van der Waals surface area contributed by atoms with Crippen LogP contribution in [0.15, 0.2) is 29.2 Å². The van der Waals surface area contributed by atoms with E-state index in [4.69, 9.17) is 0 Å². The zero-order chi connectivity index (χ0) is 21.9.